The number of piperazine rings is 1. The lowest BCUT2D eigenvalue weighted by Gasteiger charge is -2.26. The largest absolute Gasteiger partial charge is 0.348 e. The van der Waals surface area contributed by atoms with Crippen LogP contribution < -0.4 is 10.6 Å². The predicted octanol–water partition coefficient (Wildman–Crippen LogP) is 5.43. The van der Waals surface area contributed by atoms with Crippen LogP contribution >= 0.6 is 34.3 Å². The first-order chi connectivity index (χ1) is 16.7. The average Bonchev–Trinajstić information content (AvgIpc) is 3.51. The lowest BCUT2D eigenvalue weighted by Crippen LogP contribution is -2.46. The third-order valence-corrected chi connectivity index (χ3v) is 8.43. The minimum atomic E-state index is 0.0694. The summed E-state index contributed by atoms with van der Waals surface area (Å²) in [5.41, 5.74) is 3.02. The number of anilines is 1. The molecule has 6 nitrogen and oxygen atoms in total. The van der Waals surface area contributed by atoms with Gasteiger partial charge in [-0.1, -0.05) is 29.8 Å². The van der Waals surface area contributed by atoms with E-state index in [1.165, 1.54) is 22.7 Å². The zero-order valence-electron chi connectivity index (χ0n) is 18.3. The van der Waals surface area contributed by atoms with Gasteiger partial charge in [0.2, 0.25) is 5.95 Å². The van der Waals surface area contributed by atoms with E-state index in [4.69, 9.17) is 16.6 Å². The molecule has 1 aliphatic carbocycles. The lowest BCUT2D eigenvalue weighted by molar-refractivity contribution is 0.0741. The Kier molecular flexibility index (Phi) is 5.82. The molecule has 0 spiro atoms. The third kappa shape index (κ3) is 4.11. The van der Waals surface area contributed by atoms with E-state index < -0.39 is 0 Å². The van der Waals surface area contributed by atoms with Gasteiger partial charge in [-0.15, -0.1) is 22.7 Å². The molecule has 1 aromatic carbocycles. The van der Waals surface area contributed by atoms with Gasteiger partial charge in [0, 0.05) is 53.4 Å². The van der Waals surface area contributed by atoms with E-state index in [1.807, 2.05) is 34.7 Å². The molecule has 1 unspecified atom stereocenters. The highest BCUT2D eigenvalue weighted by Gasteiger charge is 2.21. The van der Waals surface area contributed by atoms with Crippen molar-refractivity contribution in [1.29, 1.82) is 0 Å². The zero-order chi connectivity index (χ0) is 23.1. The molecule has 1 fully saturated rings. The van der Waals surface area contributed by atoms with E-state index in [1.54, 1.807) is 0 Å². The van der Waals surface area contributed by atoms with Crippen molar-refractivity contribution in [3.63, 3.8) is 0 Å². The molecule has 2 N–H and O–H groups in total. The molecule has 172 valence electrons. The van der Waals surface area contributed by atoms with Crippen molar-refractivity contribution < 1.29 is 4.79 Å². The number of carbonyl (C=O) groups is 1. The molecule has 0 bridgehead atoms. The maximum atomic E-state index is 13.0. The van der Waals surface area contributed by atoms with Crippen LogP contribution in [0.15, 0.2) is 54.1 Å². The average molecular weight is 508 g/mol. The Labute approximate surface area is 210 Å². The lowest BCUT2D eigenvalue weighted by atomic mass is 9.99. The second-order valence-corrected chi connectivity index (χ2v) is 11.0. The van der Waals surface area contributed by atoms with E-state index >= 15 is 0 Å². The van der Waals surface area contributed by atoms with Gasteiger partial charge in [-0.3, -0.25) is 4.79 Å². The van der Waals surface area contributed by atoms with Gasteiger partial charge in [-0.05, 0) is 41.6 Å². The van der Waals surface area contributed by atoms with Gasteiger partial charge in [0.15, 0.2) is 0 Å². The Morgan fingerprint density at radius 2 is 2.12 bits per heavy atom. The van der Waals surface area contributed by atoms with Crippen LogP contribution in [0.25, 0.3) is 26.6 Å². The molecule has 6 rings (SSSR count). The molecular weight excluding hydrogens is 486 g/mol. The molecule has 4 aromatic rings. The van der Waals surface area contributed by atoms with Crippen LogP contribution in [0.4, 0.5) is 5.95 Å². The van der Waals surface area contributed by atoms with Crippen LogP contribution in [0.2, 0.25) is 4.34 Å². The van der Waals surface area contributed by atoms with Crippen LogP contribution in [0.3, 0.4) is 0 Å². The van der Waals surface area contributed by atoms with Gasteiger partial charge in [-0.25, -0.2) is 9.97 Å². The molecule has 1 aliphatic heterocycles. The minimum Gasteiger partial charge on any atom is -0.348 e. The monoisotopic (exact) mass is 507 g/mol. The first-order valence-electron chi connectivity index (χ1n) is 11.2. The highest BCUT2D eigenvalue weighted by molar-refractivity contribution is 7.21. The van der Waals surface area contributed by atoms with Crippen molar-refractivity contribution in [1.82, 2.24) is 20.2 Å². The molecule has 0 radical (unpaired) electrons. The van der Waals surface area contributed by atoms with Crippen molar-refractivity contribution in [3.05, 3.63) is 68.8 Å². The number of allylic oxidation sites excluding steroid dienone is 2. The van der Waals surface area contributed by atoms with Crippen molar-refractivity contribution in [2.24, 2.45) is 0 Å². The molecule has 9 heteroatoms. The standard InChI is InChI=1S/C25H22ClN5OS2/c26-23-18(6-11-33-23)15-2-1-3-17(12-15)29-25-28-14-16-4-5-20-19(22(16)30-25)13-21(34-20)24(32)31-9-7-27-8-10-31/h1-2,4-6,11-14,17,27H,3,7-10H2,(H,28,29,30). The van der Waals surface area contributed by atoms with E-state index in [0.29, 0.717) is 5.95 Å². The summed E-state index contributed by atoms with van der Waals surface area (Å²) in [6, 6.07) is 8.18. The summed E-state index contributed by atoms with van der Waals surface area (Å²) < 4.78 is 1.86. The number of amides is 1. The van der Waals surface area contributed by atoms with Crippen molar-refractivity contribution in [3.8, 4) is 0 Å². The van der Waals surface area contributed by atoms with E-state index in [2.05, 4.69) is 39.9 Å². The number of nitrogens with zero attached hydrogens (tertiary/aromatic N) is 3. The van der Waals surface area contributed by atoms with Crippen LogP contribution in [0.5, 0.6) is 0 Å². The van der Waals surface area contributed by atoms with Crippen molar-refractivity contribution >= 4 is 72.7 Å². The fraction of sp³-hybridized carbons (Fsp3) is 0.240. The van der Waals surface area contributed by atoms with Crippen LogP contribution in [-0.4, -0.2) is 53.0 Å². The van der Waals surface area contributed by atoms with E-state index in [9.17, 15) is 4.79 Å². The molecule has 2 aliphatic rings. The molecule has 0 saturated carbocycles. The molecule has 34 heavy (non-hydrogen) atoms. The number of hydrogen-bond acceptors (Lipinski definition) is 7. The predicted molar refractivity (Wildman–Crippen MR) is 142 cm³/mol. The Morgan fingerprint density at radius 3 is 2.94 bits per heavy atom. The number of hydrogen-bond donors (Lipinski definition) is 2. The van der Waals surface area contributed by atoms with Gasteiger partial charge in [-0.2, -0.15) is 0 Å². The summed E-state index contributed by atoms with van der Waals surface area (Å²) in [5.74, 6) is 0.676. The van der Waals surface area contributed by atoms with Crippen LogP contribution in [0.1, 0.15) is 21.7 Å². The number of nitrogens with one attached hydrogen (secondary N) is 2. The third-order valence-electron chi connectivity index (χ3n) is 6.17. The van der Waals surface area contributed by atoms with Crippen LogP contribution in [-0.2, 0) is 0 Å². The highest BCUT2D eigenvalue weighted by Crippen LogP contribution is 2.34. The Hall–Kier alpha value is -2.78. The van der Waals surface area contributed by atoms with Gasteiger partial charge < -0.3 is 15.5 Å². The summed E-state index contributed by atoms with van der Waals surface area (Å²) in [4.78, 5) is 25.1. The maximum absolute atomic E-state index is 13.0. The molecule has 1 saturated heterocycles. The first-order valence-corrected chi connectivity index (χ1v) is 13.3. The Morgan fingerprint density at radius 1 is 1.24 bits per heavy atom. The van der Waals surface area contributed by atoms with Gasteiger partial charge >= 0.3 is 0 Å². The number of halogens is 1. The molecular formula is C25H22ClN5OS2. The summed E-state index contributed by atoms with van der Waals surface area (Å²) in [6.45, 7) is 3.16. The van der Waals surface area contributed by atoms with Gasteiger partial charge in [0.05, 0.1) is 16.4 Å². The topological polar surface area (TPSA) is 70.2 Å². The van der Waals surface area contributed by atoms with Crippen LogP contribution in [0, 0.1) is 0 Å². The normalized spacial score (nSPS) is 18.4. The number of fused-ring (bicyclic) bond motifs is 3. The maximum Gasteiger partial charge on any atom is 0.264 e. The van der Waals surface area contributed by atoms with Gasteiger partial charge in [0.1, 0.15) is 4.34 Å². The highest BCUT2D eigenvalue weighted by atomic mass is 35.5. The summed E-state index contributed by atoms with van der Waals surface area (Å²) in [6.07, 6.45) is 9.13. The molecule has 4 heterocycles. The summed E-state index contributed by atoms with van der Waals surface area (Å²) >= 11 is 9.41. The summed E-state index contributed by atoms with van der Waals surface area (Å²) in [7, 11) is 0. The second-order valence-electron chi connectivity index (χ2n) is 8.38. The second kappa shape index (κ2) is 9.11. The number of rotatable bonds is 4. The summed E-state index contributed by atoms with van der Waals surface area (Å²) in [5, 5.41) is 10.7. The zero-order valence-corrected chi connectivity index (χ0v) is 20.6. The Balaban J connectivity index is 1.30. The first kappa shape index (κ1) is 21.7. The number of thiophene rings is 2. The SMILES string of the molecule is O=C(c1cc2c(ccc3cnc(NC4C=C(c5ccsc5Cl)C=CC4)nc32)s1)N1CCNCC1. The fourth-order valence-corrected chi connectivity index (χ4v) is 6.43. The smallest absolute Gasteiger partial charge is 0.264 e. The van der Waals surface area contributed by atoms with Crippen molar-refractivity contribution in [2.45, 2.75) is 12.5 Å². The van der Waals surface area contributed by atoms with Gasteiger partial charge in [0.25, 0.3) is 5.91 Å². The van der Waals surface area contributed by atoms with E-state index in [-0.39, 0.29) is 11.9 Å². The number of aromatic nitrogens is 2. The number of carbonyl (C=O) groups excluding carboxylic acids is 1. The minimum absolute atomic E-state index is 0.0694. The quantitative estimate of drug-likeness (QED) is 0.385. The fourth-order valence-electron chi connectivity index (χ4n) is 4.44. The Bertz CT molecular complexity index is 1450. The molecule has 3 aromatic heterocycles. The number of benzene rings is 1. The molecule has 1 atom stereocenters. The van der Waals surface area contributed by atoms with Crippen molar-refractivity contribution in [2.75, 3.05) is 31.5 Å². The molecule has 1 amide bonds. The van der Waals surface area contributed by atoms with E-state index in [0.717, 1.165) is 73.9 Å².